The van der Waals surface area contributed by atoms with Crippen molar-refractivity contribution >= 4 is 15.9 Å². The molecule has 0 aliphatic carbocycles. The van der Waals surface area contributed by atoms with Crippen molar-refractivity contribution in [1.82, 2.24) is 4.98 Å². The molecule has 0 radical (unpaired) electrons. The number of halogens is 1. The average Bonchev–Trinajstić information content (AvgIpc) is 2.53. The van der Waals surface area contributed by atoms with Crippen molar-refractivity contribution in [2.24, 2.45) is 0 Å². The van der Waals surface area contributed by atoms with Crippen LogP contribution in [0.2, 0.25) is 0 Å². The zero-order valence-electron chi connectivity index (χ0n) is 13.5. The van der Waals surface area contributed by atoms with E-state index in [9.17, 15) is 0 Å². The summed E-state index contributed by atoms with van der Waals surface area (Å²) >= 11 is 3.49. The quantitative estimate of drug-likeness (QED) is 0.267. The highest BCUT2D eigenvalue weighted by Crippen LogP contribution is 2.13. The van der Waals surface area contributed by atoms with Crippen LogP contribution < -0.4 is 0 Å². The minimum Gasteiger partial charge on any atom is -0.261 e. The number of rotatable bonds is 14. The van der Waals surface area contributed by atoms with Crippen LogP contribution >= 0.6 is 15.9 Å². The summed E-state index contributed by atoms with van der Waals surface area (Å²) in [6.45, 7) is 0. The molecule has 0 saturated heterocycles. The summed E-state index contributed by atoms with van der Waals surface area (Å²) in [6, 6.07) is 6.21. The zero-order valence-corrected chi connectivity index (χ0v) is 15.1. The Kier molecular flexibility index (Phi) is 13.0. The van der Waals surface area contributed by atoms with Crippen molar-refractivity contribution in [3.63, 3.8) is 0 Å². The van der Waals surface area contributed by atoms with Gasteiger partial charge in [0.2, 0.25) is 0 Å². The van der Waals surface area contributed by atoms with E-state index in [0.717, 1.165) is 6.42 Å². The number of hydrogen-bond acceptors (Lipinski definition) is 1. The third-order valence-electron chi connectivity index (χ3n) is 4.04. The van der Waals surface area contributed by atoms with E-state index in [1.54, 1.807) is 0 Å². The Labute approximate surface area is 140 Å². The number of alkyl halides is 1. The number of pyridine rings is 1. The fourth-order valence-corrected chi connectivity index (χ4v) is 3.11. The molecular weight excluding hydrogens is 322 g/mol. The highest BCUT2D eigenvalue weighted by atomic mass is 79.9. The molecule has 0 spiro atoms. The first-order valence-electron chi connectivity index (χ1n) is 8.89. The molecule has 1 nitrogen and oxygen atoms in total. The minimum absolute atomic E-state index is 1.15. The van der Waals surface area contributed by atoms with Crippen LogP contribution in [0.4, 0.5) is 0 Å². The molecule has 0 fully saturated rings. The molecule has 21 heavy (non-hydrogen) atoms. The van der Waals surface area contributed by atoms with Gasteiger partial charge in [0.25, 0.3) is 0 Å². The lowest BCUT2D eigenvalue weighted by atomic mass is 10.0. The second-order valence-electron chi connectivity index (χ2n) is 6.00. The van der Waals surface area contributed by atoms with Gasteiger partial charge in [-0.15, -0.1) is 0 Å². The average molecular weight is 354 g/mol. The van der Waals surface area contributed by atoms with E-state index in [-0.39, 0.29) is 0 Å². The molecule has 1 rings (SSSR count). The van der Waals surface area contributed by atoms with Gasteiger partial charge in [0, 0.05) is 17.2 Å². The van der Waals surface area contributed by atoms with Crippen molar-refractivity contribution in [3.05, 3.63) is 30.1 Å². The molecule has 0 bridgehead atoms. The molecule has 0 unspecified atom stereocenters. The smallest absolute Gasteiger partial charge is 0.0403 e. The van der Waals surface area contributed by atoms with Gasteiger partial charge in [0.1, 0.15) is 0 Å². The van der Waals surface area contributed by atoms with E-state index in [4.69, 9.17) is 0 Å². The molecule has 0 saturated carbocycles. The standard InChI is InChI=1S/C19H32BrN/c20-17-13-10-8-6-4-2-1-3-5-7-9-11-15-19-16-12-14-18-21-19/h12,14,16,18H,1-11,13,15,17H2. The number of aromatic nitrogens is 1. The van der Waals surface area contributed by atoms with Gasteiger partial charge in [0.15, 0.2) is 0 Å². The van der Waals surface area contributed by atoms with E-state index < -0.39 is 0 Å². The van der Waals surface area contributed by atoms with Crippen molar-refractivity contribution in [2.75, 3.05) is 5.33 Å². The lowest BCUT2D eigenvalue weighted by Crippen LogP contribution is -1.89. The Bertz CT molecular complexity index is 313. The van der Waals surface area contributed by atoms with Gasteiger partial charge in [0.05, 0.1) is 0 Å². The molecule has 0 aliphatic heterocycles. The van der Waals surface area contributed by atoms with Crippen LogP contribution in [0.3, 0.4) is 0 Å². The first kappa shape index (κ1) is 18.7. The summed E-state index contributed by atoms with van der Waals surface area (Å²) in [5, 5.41) is 1.17. The van der Waals surface area contributed by atoms with Gasteiger partial charge >= 0.3 is 0 Å². The number of unbranched alkanes of at least 4 members (excludes halogenated alkanes) is 11. The van der Waals surface area contributed by atoms with Crippen molar-refractivity contribution in [1.29, 1.82) is 0 Å². The molecule has 1 aromatic heterocycles. The van der Waals surface area contributed by atoms with E-state index in [0.29, 0.717) is 0 Å². The molecule has 1 aromatic rings. The predicted molar refractivity (Wildman–Crippen MR) is 97.1 cm³/mol. The molecule has 120 valence electrons. The minimum atomic E-state index is 1.15. The predicted octanol–water partition coefficient (Wildman–Crippen LogP) is 6.70. The lowest BCUT2D eigenvalue weighted by molar-refractivity contribution is 0.544. The maximum Gasteiger partial charge on any atom is 0.0403 e. The van der Waals surface area contributed by atoms with Gasteiger partial charge in [-0.05, 0) is 31.4 Å². The maximum absolute atomic E-state index is 4.37. The molecule has 0 atom stereocenters. The molecule has 0 N–H and O–H groups in total. The summed E-state index contributed by atoms with van der Waals surface area (Å²) in [7, 11) is 0. The summed E-state index contributed by atoms with van der Waals surface area (Å²) in [5.41, 5.74) is 1.25. The topological polar surface area (TPSA) is 12.9 Å². The Hall–Kier alpha value is -0.370. The molecule has 0 aromatic carbocycles. The fourth-order valence-electron chi connectivity index (χ4n) is 2.71. The van der Waals surface area contributed by atoms with Gasteiger partial charge in [-0.25, -0.2) is 0 Å². The van der Waals surface area contributed by atoms with E-state index >= 15 is 0 Å². The summed E-state index contributed by atoms with van der Waals surface area (Å²) < 4.78 is 0. The first-order valence-corrected chi connectivity index (χ1v) is 10.0. The number of nitrogens with zero attached hydrogens (tertiary/aromatic N) is 1. The SMILES string of the molecule is BrCCCCCCCCCCCCCCc1ccccn1. The first-order chi connectivity index (χ1) is 10.4. The highest BCUT2D eigenvalue weighted by Gasteiger charge is 1.95. The second kappa shape index (κ2) is 14.6. The number of aryl methyl sites for hydroxylation is 1. The Morgan fingerprint density at radius 3 is 1.67 bits per heavy atom. The van der Waals surface area contributed by atoms with Crippen molar-refractivity contribution in [3.8, 4) is 0 Å². The normalized spacial score (nSPS) is 10.9. The van der Waals surface area contributed by atoms with Crippen LogP contribution in [-0.4, -0.2) is 10.3 Å². The third-order valence-corrected chi connectivity index (χ3v) is 4.60. The number of hydrogen-bond donors (Lipinski definition) is 0. The second-order valence-corrected chi connectivity index (χ2v) is 6.80. The van der Waals surface area contributed by atoms with Crippen LogP contribution in [-0.2, 0) is 6.42 Å². The molecular formula is C19H32BrN. The van der Waals surface area contributed by atoms with Crippen LogP contribution in [0.15, 0.2) is 24.4 Å². The molecule has 0 amide bonds. The monoisotopic (exact) mass is 353 g/mol. The molecule has 1 heterocycles. The maximum atomic E-state index is 4.37. The van der Waals surface area contributed by atoms with E-state index in [2.05, 4.69) is 33.0 Å². The fraction of sp³-hybridized carbons (Fsp3) is 0.737. The van der Waals surface area contributed by atoms with Crippen molar-refractivity contribution in [2.45, 2.75) is 83.5 Å². The van der Waals surface area contributed by atoms with Gasteiger partial charge < -0.3 is 0 Å². The van der Waals surface area contributed by atoms with Crippen LogP contribution in [0.5, 0.6) is 0 Å². The summed E-state index contributed by atoms with van der Waals surface area (Å²) in [4.78, 5) is 4.37. The Morgan fingerprint density at radius 1 is 0.667 bits per heavy atom. The lowest BCUT2D eigenvalue weighted by Gasteiger charge is -2.03. The largest absolute Gasteiger partial charge is 0.261 e. The van der Waals surface area contributed by atoms with Gasteiger partial charge in [-0.1, -0.05) is 86.2 Å². The van der Waals surface area contributed by atoms with Crippen LogP contribution in [0.25, 0.3) is 0 Å². The Balaban J connectivity index is 1.75. The van der Waals surface area contributed by atoms with Crippen LogP contribution in [0, 0.1) is 0 Å². The highest BCUT2D eigenvalue weighted by molar-refractivity contribution is 9.09. The van der Waals surface area contributed by atoms with E-state index in [1.165, 1.54) is 88.1 Å². The zero-order chi connectivity index (χ0) is 15.0. The van der Waals surface area contributed by atoms with Crippen molar-refractivity contribution < 1.29 is 0 Å². The third kappa shape index (κ3) is 11.9. The molecule has 2 heteroatoms. The van der Waals surface area contributed by atoms with Gasteiger partial charge in [-0.2, -0.15) is 0 Å². The van der Waals surface area contributed by atoms with Crippen LogP contribution in [0.1, 0.15) is 82.7 Å². The van der Waals surface area contributed by atoms with Gasteiger partial charge in [-0.3, -0.25) is 4.98 Å². The summed E-state index contributed by atoms with van der Waals surface area (Å²) in [5.74, 6) is 0. The molecule has 0 aliphatic rings. The summed E-state index contributed by atoms with van der Waals surface area (Å²) in [6.07, 6.45) is 19.9. The van der Waals surface area contributed by atoms with E-state index in [1.807, 2.05) is 12.3 Å². The Morgan fingerprint density at radius 2 is 1.19 bits per heavy atom.